The number of carbonyl (C=O) groups is 1. The van der Waals surface area contributed by atoms with Crippen LogP contribution < -0.4 is 0 Å². The van der Waals surface area contributed by atoms with Gasteiger partial charge < -0.3 is 0 Å². The van der Waals surface area contributed by atoms with Gasteiger partial charge in [-0.05, 0) is 67.5 Å². The lowest BCUT2D eigenvalue weighted by molar-refractivity contribution is -0.114. The quantitative estimate of drug-likeness (QED) is 0.693. The van der Waals surface area contributed by atoms with Crippen molar-refractivity contribution in [1.82, 2.24) is 0 Å². The molecule has 2 atom stereocenters. The van der Waals surface area contributed by atoms with E-state index in [4.69, 9.17) is 0 Å². The smallest absolute Gasteiger partial charge is 0.183 e. The van der Waals surface area contributed by atoms with Gasteiger partial charge in [0.1, 0.15) is 0 Å². The minimum atomic E-state index is 0.148. The van der Waals surface area contributed by atoms with Crippen molar-refractivity contribution in [3.8, 4) is 0 Å². The van der Waals surface area contributed by atoms with E-state index in [-0.39, 0.29) is 5.78 Å². The Morgan fingerprint density at radius 1 is 1.53 bits per heavy atom. The number of allylic oxidation sites excluding steroid dienone is 3. The standard InChI is InChI=1S/C12H14Br2O/c1-12(2)7-3-4-8(9(12)5-7)10(15)6-11(13)14/h4,6-7,9H,3,5H2,1-2H3/t7-,9-/m0/s1. The average Bonchev–Trinajstić information content (AvgIpc) is 2.16. The molecule has 0 aliphatic heterocycles. The molecule has 3 heteroatoms. The highest BCUT2D eigenvalue weighted by Crippen LogP contribution is 2.59. The van der Waals surface area contributed by atoms with Crippen LogP contribution in [-0.2, 0) is 4.79 Å². The van der Waals surface area contributed by atoms with Crippen LogP contribution in [-0.4, -0.2) is 5.78 Å². The average molecular weight is 334 g/mol. The van der Waals surface area contributed by atoms with E-state index >= 15 is 0 Å². The minimum absolute atomic E-state index is 0.148. The highest BCUT2D eigenvalue weighted by atomic mass is 79.9. The Kier molecular flexibility index (Phi) is 2.97. The molecule has 1 fully saturated rings. The van der Waals surface area contributed by atoms with Crippen LogP contribution in [0.25, 0.3) is 0 Å². The highest BCUT2D eigenvalue weighted by molar-refractivity contribution is 9.28. The summed E-state index contributed by atoms with van der Waals surface area (Å²) in [4.78, 5) is 11.9. The van der Waals surface area contributed by atoms with Crippen LogP contribution >= 0.6 is 31.9 Å². The van der Waals surface area contributed by atoms with Gasteiger partial charge >= 0.3 is 0 Å². The van der Waals surface area contributed by atoms with Gasteiger partial charge in [-0.25, -0.2) is 0 Å². The Bertz CT molecular complexity index is 362. The summed E-state index contributed by atoms with van der Waals surface area (Å²) in [7, 11) is 0. The van der Waals surface area contributed by atoms with Crippen molar-refractivity contribution in [2.24, 2.45) is 17.3 Å². The molecule has 0 amide bonds. The first kappa shape index (κ1) is 11.6. The molecule has 3 rings (SSSR count). The molecule has 0 aromatic carbocycles. The molecule has 0 saturated heterocycles. The Balaban J connectivity index is 2.22. The molecule has 0 spiro atoms. The first-order valence-corrected chi connectivity index (χ1v) is 6.78. The van der Waals surface area contributed by atoms with Crippen molar-refractivity contribution in [1.29, 1.82) is 0 Å². The van der Waals surface area contributed by atoms with Gasteiger partial charge in [0.15, 0.2) is 5.78 Å². The van der Waals surface area contributed by atoms with Gasteiger partial charge in [0, 0.05) is 6.08 Å². The molecule has 1 saturated carbocycles. The van der Waals surface area contributed by atoms with E-state index in [9.17, 15) is 4.79 Å². The van der Waals surface area contributed by atoms with Crippen LogP contribution in [0.15, 0.2) is 21.1 Å². The summed E-state index contributed by atoms with van der Waals surface area (Å²) < 4.78 is 0.722. The number of ketones is 1. The Morgan fingerprint density at radius 2 is 2.20 bits per heavy atom. The van der Waals surface area contributed by atoms with Gasteiger partial charge in [0.05, 0.1) is 3.39 Å². The molecule has 1 nitrogen and oxygen atoms in total. The third kappa shape index (κ3) is 1.89. The molecule has 82 valence electrons. The van der Waals surface area contributed by atoms with Gasteiger partial charge in [-0.2, -0.15) is 0 Å². The van der Waals surface area contributed by atoms with Crippen molar-refractivity contribution in [3.63, 3.8) is 0 Å². The van der Waals surface area contributed by atoms with E-state index < -0.39 is 0 Å². The zero-order valence-corrected chi connectivity index (χ0v) is 12.1. The molecular weight excluding hydrogens is 320 g/mol. The zero-order valence-electron chi connectivity index (χ0n) is 8.89. The van der Waals surface area contributed by atoms with Crippen LogP contribution in [0, 0.1) is 17.3 Å². The fourth-order valence-electron chi connectivity index (χ4n) is 2.81. The second-order valence-corrected chi connectivity index (χ2v) is 7.77. The second kappa shape index (κ2) is 3.85. The molecule has 2 bridgehead atoms. The topological polar surface area (TPSA) is 17.1 Å². The van der Waals surface area contributed by atoms with Crippen molar-refractivity contribution >= 4 is 37.6 Å². The summed E-state index contributed by atoms with van der Waals surface area (Å²) in [5, 5.41) is 0. The van der Waals surface area contributed by atoms with Crippen LogP contribution in [0.4, 0.5) is 0 Å². The predicted molar refractivity (Wildman–Crippen MR) is 69.0 cm³/mol. The number of carbonyl (C=O) groups excluding carboxylic acids is 1. The Labute approximate surface area is 107 Å². The van der Waals surface area contributed by atoms with E-state index in [1.165, 1.54) is 6.42 Å². The Morgan fingerprint density at radius 3 is 2.67 bits per heavy atom. The minimum Gasteiger partial charge on any atom is -0.290 e. The predicted octanol–water partition coefficient (Wildman–Crippen LogP) is 4.18. The van der Waals surface area contributed by atoms with Crippen molar-refractivity contribution in [2.45, 2.75) is 26.7 Å². The molecule has 3 aliphatic rings. The number of fused-ring (bicyclic) bond motifs is 1. The number of halogens is 2. The summed E-state index contributed by atoms with van der Waals surface area (Å²) in [6.07, 6.45) is 6.00. The third-order valence-corrected chi connectivity index (χ3v) is 4.45. The highest BCUT2D eigenvalue weighted by Gasteiger charge is 2.52. The fourth-order valence-corrected chi connectivity index (χ4v) is 3.23. The maximum Gasteiger partial charge on any atom is 0.183 e. The van der Waals surface area contributed by atoms with E-state index in [0.29, 0.717) is 11.3 Å². The molecule has 0 aromatic rings. The molecule has 0 aromatic heterocycles. The van der Waals surface area contributed by atoms with E-state index in [0.717, 1.165) is 21.3 Å². The van der Waals surface area contributed by atoms with Gasteiger partial charge in [0.25, 0.3) is 0 Å². The summed E-state index contributed by atoms with van der Waals surface area (Å²) in [5.41, 5.74) is 1.34. The third-order valence-electron chi connectivity index (χ3n) is 3.99. The number of rotatable bonds is 2. The summed E-state index contributed by atoms with van der Waals surface area (Å²) in [6, 6.07) is 0. The first-order chi connectivity index (χ1) is 6.93. The van der Waals surface area contributed by atoms with Crippen LogP contribution in [0.3, 0.4) is 0 Å². The second-order valence-electron chi connectivity index (χ2n) is 5.00. The molecule has 0 unspecified atom stereocenters. The normalized spacial score (nSPS) is 31.3. The van der Waals surface area contributed by atoms with E-state index in [1.807, 2.05) is 0 Å². The van der Waals surface area contributed by atoms with E-state index in [1.54, 1.807) is 6.08 Å². The molecule has 0 radical (unpaired) electrons. The molecule has 0 N–H and O–H groups in total. The van der Waals surface area contributed by atoms with Gasteiger partial charge in [-0.15, -0.1) is 0 Å². The molecular formula is C12H14Br2O. The lowest BCUT2D eigenvalue weighted by Crippen LogP contribution is -2.49. The zero-order chi connectivity index (χ0) is 11.2. The lowest BCUT2D eigenvalue weighted by Gasteiger charge is -2.56. The summed E-state index contributed by atoms with van der Waals surface area (Å²) >= 11 is 6.47. The Hall–Kier alpha value is 0.110. The largest absolute Gasteiger partial charge is 0.290 e. The first-order valence-electron chi connectivity index (χ1n) is 5.20. The van der Waals surface area contributed by atoms with Crippen LogP contribution in [0.5, 0.6) is 0 Å². The van der Waals surface area contributed by atoms with Crippen molar-refractivity contribution < 1.29 is 4.79 Å². The van der Waals surface area contributed by atoms with Crippen LogP contribution in [0.1, 0.15) is 26.7 Å². The SMILES string of the molecule is CC1(C)[C@H]2CC=C(C(=O)C=C(Br)Br)[C@@H]1C2. The lowest BCUT2D eigenvalue weighted by atomic mass is 9.48. The summed E-state index contributed by atoms with van der Waals surface area (Å²) in [6.45, 7) is 4.55. The van der Waals surface area contributed by atoms with Gasteiger partial charge in [0.2, 0.25) is 0 Å². The summed E-state index contributed by atoms with van der Waals surface area (Å²) in [5.74, 6) is 1.41. The maximum atomic E-state index is 11.9. The fraction of sp³-hybridized carbons (Fsp3) is 0.583. The monoisotopic (exact) mass is 332 g/mol. The van der Waals surface area contributed by atoms with Crippen molar-refractivity contribution in [3.05, 3.63) is 21.1 Å². The van der Waals surface area contributed by atoms with Crippen LogP contribution in [0.2, 0.25) is 0 Å². The molecule has 3 aliphatic carbocycles. The van der Waals surface area contributed by atoms with E-state index in [2.05, 4.69) is 51.8 Å². The van der Waals surface area contributed by atoms with Crippen molar-refractivity contribution in [2.75, 3.05) is 0 Å². The maximum absolute atomic E-state index is 11.9. The van der Waals surface area contributed by atoms with Gasteiger partial charge in [-0.1, -0.05) is 19.9 Å². The molecule has 15 heavy (non-hydrogen) atoms. The van der Waals surface area contributed by atoms with Gasteiger partial charge in [-0.3, -0.25) is 4.79 Å². The molecule has 0 heterocycles. The number of hydrogen-bond donors (Lipinski definition) is 0. The number of hydrogen-bond acceptors (Lipinski definition) is 1.